The van der Waals surface area contributed by atoms with Crippen molar-refractivity contribution in [1.29, 1.82) is 0 Å². The lowest BCUT2D eigenvalue weighted by atomic mass is 9.93. The minimum atomic E-state index is 0. The topological polar surface area (TPSA) is 39.7 Å². The second kappa shape index (κ2) is 12.5. The normalized spacial score (nSPS) is 16.4. The molecule has 142 valence electrons. The molecule has 2 N–H and O–H groups in total. The Bertz CT molecular complexity index is 510. The Balaban J connectivity index is 0.00000312. The van der Waals surface area contributed by atoms with Crippen molar-refractivity contribution in [3.05, 3.63) is 35.4 Å². The van der Waals surface area contributed by atoms with Crippen molar-refractivity contribution >= 4 is 29.9 Å². The second-order valence-electron chi connectivity index (χ2n) is 6.64. The van der Waals surface area contributed by atoms with Crippen molar-refractivity contribution in [3.8, 4) is 0 Å². The van der Waals surface area contributed by atoms with Gasteiger partial charge in [-0.25, -0.2) is 0 Å². The van der Waals surface area contributed by atoms with Crippen LogP contribution < -0.4 is 10.6 Å². The summed E-state index contributed by atoms with van der Waals surface area (Å²) in [7, 11) is 1.85. The van der Waals surface area contributed by atoms with Gasteiger partial charge in [-0.3, -0.25) is 4.99 Å². The lowest BCUT2D eigenvalue weighted by Gasteiger charge is -2.31. The summed E-state index contributed by atoms with van der Waals surface area (Å²) in [6.45, 7) is 10.0. The summed E-state index contributed by atoms with van der Waals surface area (Å²) in [5.41, 5.74) is 2.76. The second-order valence-corrected chi connectivity index (χ2v) is 6.64. The van der Waals surface area contributed by atoms with Crippen molar-refractivity contribution in [1.82, 2.24) is 15.5 Å². The number of hydrogen-bond acceptors (Lipinski definition) is 2. The van der Waals surface area contributed by atoms with E-state index in [9.17, 15) is 0 Å². The first-order valence-corrected chi connectivity index (χ1v) is 9.50. The molecule has 1 saturated heterocycles. The predicted molar refractivity (Wildman–Crippen MR) is 119 cm³/mol. The first-order chi connectivity index (χ1) is 11.8. The average molecular weight is 458 g/mol. The summed E-state index contributed by atoms with van der Waals surface area (Å²) in [5.74, 6) is 1.77. The van der Waals surface area contributed by atoms with Gasteiger partial charge in [0.05, 0.1) is 0 Å². The Kier molecular flexibility index (Phi) is 11.1. The molecule has 1 aromatic rings. The van der Waals surface area contributed by atoms with Crippen molar-refractivity contribution in [2.45, 2.75) is 46.1 Å². The van der Waals surface area contributed by atoms with Crippen molar-refractivity contribution in [3.63, 3.8) is 0 Å². The van der Waals surface area contributed by atoms with E-state index in [0.717, 1.165) is 31.4 Å². The van der Waals surface area contributed by atoms with Gasteiger partial charge < -0.3 is 15.5 Å². The van der Waals surface area contributed by atoms with E-state index in [0.29, 0.717) is 0 Å². The van der Waals surface area contributed by atoms with Gasteiger partial charge in [-0.15, -0.1) is 24.0 Å². The molecule has 25 heavy (non-hydrogen) atoms. The van der Waals surface area contributed by atoms with Gasteiger partial charge in [0.25, 0.3) is 0 Å². The van der Waals surface area contributed by atoms with Crippen LogP contribution in [-0.2, 0) is 13.0 Å². The number of likely N-dealkylation sites (tertiary alicyclic amines) is 1. The fraction of sp³-hybridized carbons (Fsp3) is 0.650. The van der Waals surface area contributed by atoms with E-state index in [2.05, 4.69) is 58.6 Å². The van der Waals surface area contributed by atoms with Gasteiger partial charge in [-0.1, -0.05) is 38.1 Å². The van der Waals surface area contributed by atoms with Crippen molar-refractivity contribution in [2.24, 2.45) is 10.9 Å². The molecular formula is C20H35IN4. The molecule has 0 spiro atoms. The molecular weight excluding hydrogens is 423 g/mol. The zero-order valence-electron chi connectivity index (χ0n) is 16.1. The molecule has 0 aromatic heterocycles. The largest absolute Gasteiger partial charge is 0.356 e. The Labute approximate surface area is 170 Å². The van der Waals surface area contributed by atoms with Gasteiger partial charge in [0, 0.05) is 20.1 Å². The van der Waals surface area contributed by atoms with Gasteiger partial charge in [-0.2, -0.15) is 0 Å². The molecule has 0 aliphatic carbocycles. The van der Waals surface area contributed by atoms with Crippen molar-refractivity contribution < 1.29 is 0 Å². The molecule has 0 atom stereocenters. The summed E-state index contributed by atoms with van der Waals surface area (Å²) in [5, 5.41) is 6.92. The molecule has 4 nitrogen and oxygen atoms in total. The van der Waals surface area contributed by atoms with E-state index < -0.39 is 0 Å². The van der Waals surface area contributed by atoms with Gasteiger partial charge in [0.1, 0.15) is 0 Å². The van der Waals surface area contributed by atoms with E-state index in [1.54, 1.807) is 0 Å². The van der Waals surface area contributed by atoms with Gasteiger partial charge in [0.15, 0.2) is 5.96 Å². The van der Waals surface area contributed by atoms with E-state index in [4.69, 9.17) is 0 Å². The number of guanidine groups is 1. The third-order valence-electron chi connectivity index (χ3n) is 5.17. The van der Waals surface area contributed by atoms with Gasteiger partial charge in [0.2, 0.25) is 0 Å². The highest BCUT2D eigenvalue weighted by atomic mass is 127. The molecule has 1 fully saturated rings. The number of benzene rings is 1. The molecule has 0 saturated carbocycles. The van der Waals surface area contributed by atoms with E-state index in [1.807, 2.05) is 7.05 Å². The zero-order valence-corrected chi connectivity index (χ0v) is 18.4. The number of aliphatic imine (C=N–C) groups is 1. The van der Waals surface area contributed by atoms with Crippen LogP contribution in [0.5, 0.6) is 0 Å². The van der Waals surface area contributed by atoms with Crippen LogP contribution in [0.1, 0.15) is 44.2 Å². The quantitative estimate of drug-likeness (QED) is 0.372. The van der Waals surface area contributed by atoms with Crippen LogP contribution in [0.2, 0.25) is 0 Å². The molecule has 1 aromatic carbocycles. The van der Waals surface area contributed by atoms with Crippen LogP contribution >= 0.6 is 24.0 Å². The number of rotatable bonds is 7. The monoisotopic (exact) mass is 458 g/mol. The first kappa shape index (κ1) is 22.2. The Morgan fingerprint density at radius 1 is 1.12 bits per heavy atom. The number of piperidine rings is 1. The summed E-state index contributed by atoms with van der Waals surface area (Å²) in [6, 6.07) is 8.62. The van der Waals surface area contributed by atoms with E-state index in [-0.39, 0.29) is 24.0 Å². The Morgan fingerprint density at radius 2 is 1.80 bits per heavy atom. The Morgan fingerprint density at radius 3 is 2.40 bits per heavy atom. The maximum absolute atomic E-state index is 4.35. The minimum Gasteiger partial charge on any atom is -0.356 e. The smallest absolute Gasteiger partial charge is 0.191 e. The van der Waals surface area contributed by atoms with Crippen LogP contribution in [0.15, 0.2) is 29.3 Å². The van der Waals surface area contributed by atoms with E-state index >= 15 is 0 Å². The highest BCUT2D eigenvalue weighted by Gasteiger charge is 2.17. The zero-order chi connectivity index (χ0) is 17.2. The number of nitrogens with one attached hydrogen (secondary N) is 2. The number of halogens is 1. The highest BCUT2D eigenvalue weighted by Crippen LogP contribution is 2.19. The molecule has 0 bridgehead atoms. The van der Waals surface area contributed by atoms with E-state index in [1.165, 1.54) is 50.0 Å². The van der Waals surface area contributed by atoms with Gasteiger partial charge in [-0.05, 0) is 62.4 Å². The number of aryl methyl sites for hydroxylation is 1. The molecule has 1 heterocycles. The fourth-order valence-electron chi connectivity index (χ4n) is 3.46. The molecule has 1 aliphatic heterocycles. The minimum absolute atomic E-state index is 0. The van der Waals surface area contributed by atoms with Crippen molar-refractivity contribution in [2.75, 3.05) is 33.2 Å². The summed E-state index contributed by atoms with van der Waals surface area (Å²) in [4.78, 5) is 6.90. The molecule has 0 amide bonds. The molecule has 5 heteroatoms. The average Bonchev–Trinajstić information content (AvgIpc) is 2.65. The van der Waals surface area contributed by atoms with Crippen LogP contribution in [0.3, 0.4) is 0 Å². The Hall–Kier alpha value is -0.820. The van der Waals surface area contributed by atoms with Crippen LogP contribution in [-0.4, -0.2) is 44.1 Å². The van der Waals surface area contributed by atoms with Gasteiger partial charge >= 0.3 is 0 Å². The van der Waals surface area contributed by atoms with Crippen LogP contribution in [0.25, 0.3) is 0 Å². The highest BCUT2D eigenvalue weighted by molar-refractivity contribution is 14.0. The molecule has 1 aliphatic rings. The maximum atomic E-state index is 4.35. The first-order valence-electron chi connectivity index (χ1n) is 9.50. The lowest BCUT2D eigenvalue weighted by Crippen LogP contribution is -2.39. The lowest BCUT2D eigenvalue weighted by molar-refractivity contribution is 0.187. The third-order valence-corrected chi connectivity index (χ3v) is 5.17. The number of hydrogen-bond donors (Lipinski definition) is 2. The SMILES string of the molecule is CCc1ccccc1CNC(=NC)NCCC1CCN(CC)CC1.I. The third kappa shape index (κ3) is 7.52. The fourth-order valence-corrected chi connectivity index (χ4v) is 3.46. The summed E-state index contributed by atoms with van der Waals surface area (Å²) in [6.07, 6.45) is 4.99. The standard InChI is InChI=1S/C20H34N4.HI/c1-4-18-8-6-7-9-19(18)16-23-20(21-3)22-13-10-17-11-14-24(5-2)15-12-17;/h6-9,17H,4-5,10-16H2,1-3H3,(H2,21,22,23);1H. The summed E-state index contributed by atoms with van der Waals surface area (Å²) >= 11 is 0. The molecule has 2 rings (SSSR count). The summed E-state index contributed by atoms with van der Waals surface area (Å²) < 4.78 is 0. The molecule has 0 radical (unpaired) electrons. The van der Waals surface area contributed by atoms with Crippen LogP contribution in [0.4, 0.5) is 0 Å². The maximum Gasteiger partial charge on any atom is 0.191 e. The van der Waals surface area contributed by atoms with Crippen LogP contribution in [0, 0.1) is 5.92 Å². The predicted octanol–water partition coefficient (Wildman–Crippen LogP) is 3.65. The molecule has 0 unspecified atom stereocenters. The number of nitrogens with zero attached hydrogens (tertiary/aromatic N) is 2.